The van der Waals surface area contributed by atoms with Gasteiger partial charge in [-0.2, -0.15) is 0 Å². The second-order valence-corrected chi connectivity index (χ2v) is 6.08. The van der Waals surface area contributed by atoms with Crippen molar-refractivity contribution in [2.45, 2.75) is 13.8 Å². The van der Waals surface area contributed by atoms with E-state index in [1.807, 2.05) is 19.9 Å². The monoisotopic (exact) mass is 313 g/mol. The van der Waals surface area contributed by atoms with Crippen LogP contribution in [0.4, 0.5) is 11.4 Å². The molecule has 3 rings (SSSR count). The Morgan fingerprint density at radius 3 is 2.77 bits per heavy atom. The van der Waals surface area contributed by atoms with Crippen molar-refractivity contribution in [3.05, 3.63) is 46.5 Å². The summed E-state index contributed by atoms with van der Waals surface area (Å²) in [4.78, 5) is 18.0. The van der Waals surface area contributed by atoms with Crippen molar-refractivity contribution in [1.82, 2.24) is 4.98 Å². The Labute approximate surface area is 131 Å². The van der Waals surface area contributed by atoms with Crippen molar-refractivity contribution >= 4 is 38.8 Å². The molecule has 0 aliphatic heterocycles. The summed E-state index contributed by atoms with van der Waals surface area (Å²) in [5.74, 6) is -0.334. The van der Waals surface area contributed by atoms with Crippen molar-refractivity contribution in [1.29, 1.82) is 0 Å². The van der Waals surface area contributed by atoms with E-state index in [0.717, 1.165) is 21.5 Å². The van der Waals surface area contributed by atoms with Gasteiger partial charge in [-0.3, -0.25) is 4.79 Å². The summed E-state index contributed by atoms with van der Waals surface area (Å²) < 4.78 is 0. The summed E-state index contributed by atoms with van der Waals surface area (Å²) in [5, 5.41) is 13.2. The lowest BCUT2D eigenvalue weighted by molar-refractivity contribution is 0.103. The lowest BCUT2D eigenvalue weighted by Gasteiger charge is -2.06. The van der Waals surface area contributed by atoms with Gasteiger partial charge in [-0.1, -0.05) is 12.1 Å². The number of carbonyl (C=O) groups is 1. The summed E-state index contributed by atoms with van der Waals surface area (Å²) in [6, 6.07) is 8.51. The van der Waals surface area contributed by atoms with E-state index in [2.05, 4.69) is 10.3 Å². The highest BCUT2D eigenvalue weighted by atomic mass is 32.1. The Hall–Kier alpha value is -2.60. The average molecular weight is 313 g/mol. The predicted octanol–water partition coefficient (Wildman–Crippen LogP) is 3.45. The zero-order chi connectivity index (χ0) is 15.9. The molecule has 5 nitrogen and oxygen atoms in total. The Bertz CT molecular complexity index is 886. The standard InChI is InChI=1S/C16H15N3O2S/c1-8-7-9(2)18-16-12(8)13(17)14(22-16)15(21)19-10-5-3-4-6-11(10)20/h3-7,20H,17H2,1-2H3,(H,19,21). The first kappa shape index (κ1) is 14.3. The molecule has 22 heavy (non-hydrogen) atoms. The van der Waals surface area contributed by atoms with Crippen molar-refractivity contribution in [3.8, 4) is 5.75 Å². The van der Waals surface area contributed by atoms with E-state index in [1.54, 1.807) is 18.2 Å². The molecular formula is C16H15N3O2S. The largest absolute Gasteiger partial charge is 0.506 e. The van der Waals surface area contributed by atoms with E-state index < -0.39 is 0 Å². The van der Waals surface area contributed by atoms with Crippen LogP contribution in [0.2, 0.25) is 0 Å². The number of nitrogen functional groups attached to an aromatic ring is 1. The lowest BCUT2D eigenvalue weighted by atomic mass is 10.1. The molecule has 0 spiro atoms. The van der Waals surface area contributed by atoms with Gasteiger partial charge in [-0.15, -0.1) is 11.3 Å². The molecule has 1 aromatic carbocycles. The molecule has 0 saturated carbocycles. The van der Waals surface area contributed by atoms with Gasteiger partial charge >= 0.3 is 0 Å². The molecule has 0 unspecified atom stereocenters. The van der Waals surface area contributed by atoms with E-state index in [-0.39, 0.29) is 11.7 Å². The van der Waals surface area contributed by atoms with E-state index in [1.165, 1.54) is 17.4 Å². The molecule has 0 saturated heterocycles. The molecule has 0 radical (unpaired) electrons. The third-order valence-corrected chi connectivity index (χ3v) is 4.48. The number of aromatic nitrogens is 1. The number of hydrogen-bond donors (Lipinski definition) is 3. The highest BCUT2D eigenvalue weighted by molar-refractivity contribution is 7.21. The quantitative estimate of drug-likeness (QED) is 0.632. The molecule has 4 N–H and O–H groups in total. The van der Waals surface area contributed by atoms with Crippen LogP contribution >= 0.6 is 11.3 Å². The first-order valence-corrected chi connectivity index (χ1v) is 7.54. The second kappa shape index (κ2) is 5.31. The first-order valence-electron chi connectivity index (χ1n) is 6.73. The number of phenols is 1. The fourth-order valence-electron chi connectivity index (χ4n) is 2.40. The minimum Gasteiger partial charge on any atom is -0.506 e. The summed E-state index contributed by atoms with van der Waals surface area (Å²) >= 11 is 1.26. The van der Waals surface area contributed by atoms with Gasteiger partial charge < -0.3 is 16.2 Å². The van der Waals surface area contributed by atoms with Crippen LogP contribution in [-0.4, -0.2) is 16.0 Å². The molecule has 0 bridgehead atoms. The number of nitrogens with zero attached hydrogens (tertiary/aromatic N) is 1. The number of para-hydroxylation sites is 2. The van der Waals surface area contributed by atoms with E-state index in [9.17, 15) is 9.90 Å². The molecule has 0 aliphatic carbocycles. The molecule has 0 fully saturated rings. The maximum absolute atomic E-state index is 12.4. The number of phenolic OH excluding ortho intramolecular Hbond substituents is 1. The normalized spacial score (nSPS) is 10.8. The third kappa shape index (κ3) is 2.37. The van der Waals surface area contributed by atoms with Crippen molar-refractivity contribution in [2.75, 3.05) is 11.1 Å². The fourth-order valence-corrected chi connectivity index (χ4v) is 3.51. The van der Waals surface area contributed by atoms with Crippen molar-refractivity contribution in [2.24, 2.45) is 0 Å². The highest BCUT2D eigenvalue weighted by Crippen LogP contribution is 2.35. The van der Waals surface area contributed by atoms with Gasteiger partial charge in [0, 0.05) is 11.1 Å². The van der Waals surface area contributed by atoms with Crippen LogP contribution in [0.5, 0.6) is 5.75 Å². The van der Waals surface area contributed by atoms with Crippen LogP contribution in [0.25, 0.3) is 10.2 Å². The van der Waals surface area contributed by atoms with Gasteiger partial charge in [-0.25, -0.2) is 4.98 Å². The van der Waals surface area contributed by atoms with Crippen LogP contribution in [0.15, 0.2) is 30.3 Å². The number of fused-ring (bicyclic) bond motifs is 1. The van der Waals surface area contributed by atoms with Gasteiger partial charge in [-0.05, 0) is 37.6 Å². The number of pyridine rings is 1. The van der Waals surface area contributed by atoms with E-state index >= 15 is 0 Å². The van der Waals surface area contributed by atoms with Crippen LogP contribution in [0.3, 0.4) is 0 Å². The lowest BCUT2D eigenvalue weighted by Crippen LogP contribution is -2.12. The smallest absolute Gasteiger partial charge is 0.268 e. The average Bonchev–Trinajstić information content (AvgIpc) is 2.78. The summed E-state index contributed by atoms with van der Waals surface area (Å²) in [6.07, 6.45) is 0. The summed E-state index contributed by atoms with van der Waals surface area (Å²) in [5.41, 5.74) is 8.80. The number of hydrogen-bond acceptors (Lipinski definition) is 5. The maximum atomic E-state index is 12.4. The summed E-state index contributed by atoms with van der Waals surface area (Å²) in [6.45, 7) is 3.86. The molecule has 112 valence electrons. The van der Waals surface area contributed by atoms with Gasteiger partial charge in [0.25, 0.3) is 5.91 Å². The molecule has 1 amide bonds. The van der Waals surface area contributed by atoms with Crippen LogP contribution in [0.1, 0.15) is 20.9 Å². The molecule has 0 aliphatic rings. The number of benzene rings is 1. The number of aromatic hydroxyl groups is 1. The van der Waals surface area contributed by atoms with Crippen molar-refractivity contribution < 1.29 is 9.90 Å². The Kier molecular flexibility index (Phi) is 3.46. The minimum absolute atomic E-state index is 0.0145. The second-order valence-electron chi connectivity index (χ2n) is 5.08. The van der Waals surface area contributed by atoms with Gasteiger partial charge in [0.15, 0.2) is 0 Å². The number of carbonyl (C=O) groups excluding carboxylic acids is 1. The van der Waals surface area contributed by atoms with Crippen LogP contribution in [0, 0.1) is 13.8 Å². The number of rotatable bonds is 2. The van der Waals surface area contributed by atoms with Crippen LogP contribution < -0.4 is 11.1 Å². The Morgan fingerprint density at radius 2 is 2.05 bits per heavy atom. The maximum Gasteiger partial charge on any atom is 0.268 e. The molecular weight excluding hydrogens is 298 g/mol. The molecule has 6 heteroatoms. The molecule has 3 aromatic rings. The zero-order valence-corrected chi connectivity index (χ0v) is 13.0. The molecule has 2 heterocycles. The van der Waals surface area contributed by atoms with Gasteiger partial charge in [0.05, 0.1) is 11.4 Å². The number of nitrogens with one attached hydrogen (secondary N) is 1. The van der Waals surface area contributed by atoms with Gasteiger partial charge in [0.1, 0.15) is 15.5 Å². The number of amides is 1. The zero-order valence-electron chi connectivity index (χ0n) is 12.2. The van der Waals surface area contributed by atoms with E-state index in [4.69, 9.17) is 5.73 Å². The minimum atomic E-state index is -0.348. The predicted molar refractivity (Wildman–Crippen MR) is 89.6 cm³/mol. The fraction of sp³-hybridized carbons (Fsp3) is 0.125. The highest BCUT2D eigenvalue weighted by Gasteiger charge is 2.19. The number of thiophene rings is 1. The third-order valence-electron chi connectivity index (χ3n) is 3.38. The van der Waals surface area contributed by atoms with Crippen molar-refractivity contribution in [3.63, 3.8) is 0 Å². The van der Waals surface area contributed by atoms with Crippen LogP contribution in [-0.2, 0) is 0 Å². The van der Waals surface area contributed by atoms with Gasteiger partial charge in [0.2, 0.25) is 0 Å². The number of nitrogens with two attached hydrogens (primary N) is 1. The molecule has 2 aromatic heterocycles. The SMILES string of the molecule is Cc1cc(C)c2c(N)c(C(=O)Nc3ccccc3O)sc2n1. The Morgan fingerprint density at radius 1 is 1.32 bits per heavy atom. The Balaban J connectivity index is 2.03. The molecule has 0 atom stereocenters. The topological polar surface area (TPSA) is 88.2 Å². The number of aryl methyl sites for hydroxylation is 2. The summed E-state index contributed by atoms with van der Waals surface area (Å²) in [7, 11) is 0. The first-order chi connectivity index (χ1) is 10.5. The number of anilines is 2. The van der Waals surface area contributed by atoms with E-state index in [0.29, 0.717) is 16.3 Å².